The van der Waals surface area contributed by atoms with Gasteiger partial charge < -0.3 is 5.73 Å². The Kier molecular flexibility index (Phi) is 5.28. The Morgan fingerprint density at radius 2 is 1.71 bits per heavy atom. The maximum Gasteiger partial charge on any atom is 0.178 e. The lowest BCUT2D eigenvalue weighted by atomic mass is 9.34. The molecule has 0 aliphatic heterocycles. The number of carbonyl (C=O) groups is 2. The van der Waals surface area contributed by atoms with Gasteiger partial charge in [-0.25, -0.2) is 0 Å². The van der Waals surface area contributed by atoms with E-state index in [1.54, 1.807) is 0 Å². The average molecular weight is 477 g/mol. The van der Waals surface area contributed by atoms with E-state index < -0.39 is 10.8 Å². The minimum Gasteiger partial charge on any atom is -0.330 e. The molecule has 0 spiro atoms. The van der Waals surface area contributed by atoms with Crippen LogP contribution in [0.1, 0.15) is 87.0 Å². The van der Waals surface area contributed by atoms with Gasteiger partial charge >= 0.3 is 0 Å². The highest BCUT2D eigenvalue weighted by molar-refractivity contribution is 6.04. The lowest BCUT2D eigenvalue weighted by molar-refractivity contribution is -0.175. The first-order valence-corrected chi connectivity index (χ1v) is 13.9. The van der Waals surface area contributed by atoms with Crippen molar-refractivity contribution in [3.63, 3.8) is 0 Å². The summed E-state index contributed by atoms with van der Waals surface area (Å²) in [6.45, 7) is 16.4. The van der Waals surface area contributed by atoms with Crippen LogP contribution in [-0.4, -0.2) is 18.1 Å². The highest BCUT2D eigenvalue weighted by atomic mass is 16.1. The van der Waals surface area contributed by atoms with Crippen molar-refractivity contribution >= 4 is 11.6 Å². The summed E-state index contributed by atoms with van der Waals surface area (Å²) in [6.07, 6.45) is 10.3. The van der Waals surface area contributed by atoms with E-state index in [0.29, 0.717) is 24.3 Å². The molecule has 0 amide bonds. The number of carbonyl (C=O) groups excluding carboxylic acids is 2. The van der Waals surface area contributed by atoms with Crippen LogP contribution in [0.3, 0.4) is 0 Å². The number of allylic oxidation sites excluding steroid dienone is 4. The molecular formula is C31H44N2O2. The summed E-state index contributed by atoms with van der Waals surface area (Å²) >= 11 is 0. The van der Waals surface area contributed by atoms with Crippen molar-refractivity contribution in [2.24, 2.45) is 62.4 Å². The van der Waals surface area contributed by atoms with Crippen molar-refractivity contribution in [3.8, 4) is 6.07 Å². The molecule has 5 rings (SSSR count). The van der Waals surface area contributed by atoms with Crippen molar-refractivity contribution in [3.05, 3.63) is 23.3 Å². The Morgan fingerprint density at radius 3 is 2.34 bits per heavy atom. The highest BCUT2D eigenvalue weighted by Crippen LogP contribution is 2.74. The number of ketones is 2. The van der Waals surface area contributed by atoms with Crippen LogP contribution in [0.5, 0.6) is 0 Å². The second kappa shape index (κ2) is 7.41. The third-order valence-electron chi connectivity index (χ3n) is 12.8. The third-order valence-corrected chi connectivity index (χ3v) is 12.8. The third kappa shape index (κ3) is 2.83. The van der Waals surface area contributed by atoms with Crippen LogP contribution in [0, 0.1) is 68.0 Å². The fourth-order valence-electron chi connectivity index (χ4n) is 10.3. The fraction of sp³-hybridized carbons (Fsp3) is 0.774. The molecule has 3 saturated carbocycles. The monoisotopic (exact) mass is 476 g/mol. The summed E-state index contributed by atoms with van der Waals surface area (Å²) in [5.41, 5.74) is 6.65. The van der Waals surface area contributed by atoms with Crippen molar-refractivity contribution < 1.29 is 9.59 Å². The Bertz CT molecular complexity index is 1090. The predicted molar refractivity (Wildman–Crippen MR) is 138 cm³/mol. The topological polar surface area (TPSA) is 84.0 Å². The standard InChI is InChI=1S/C31H44N2O2/c1-18-8-11-31(17-33)13-12-30(7)25(24(31)19(18)2)21(34)14-23-28(5)15-20(16-32)26(35)27(3,4)22(28)9-10-29(23,30)6/h14-15,18-19,22,24-25H,8-13,17,33H2,1-7H3/t18-,19+,22+,24+,25-,28+,29-,30-,31-/m1/s1. The van der Waals surface area contributed by atoms with Gasteiger partial charge in [0.1, 0.15) is 6.07 Å². The molecule has 0 saturated heterocycles. The maximum absolute atomic E-state index is 14.3. The second-order valence-corrected chi connectivity index (χ2v) is 14.2. The summed E-state index contributed by atoms with van der Waals surface area (Å²) in [4.78, 5) is 27.5. The van der Waals surface area contributed by atoms with Gasteiger partial charge in [0.15, 0.2) is 11.6 Å². The molecule has 0 heterocycles. The molecular weight excluding hydrogens is 432 g/mol. The van der Waals surface area contributed by atoms with Gasteiger partial charge in [0.25, 0.3) is 0 Å². The highest BCUT2D eigenvalue weighted by Gasteiger charge is 2.69. The Morgan fingerprint density at radius 1 is 1.03 bits per heavy atom. The van der Waals surface area contributed by atoms with Crippen LogP contribution in [0.15, 0.2) is 23.3 Å². The van der Waals surface area contributed by atoms with Gasteiger partial charge in [0, 0.05) is 16.7 Å². The van der Waals surface area contributed by atoms with E-state index in [9.17, 15) is 14.9 Å². The van der Waals surface area contributed by atoms with E-state index in [-0.39, 0.29) is 45.2 Å². The molecule has 0 radical (unpaired) electrons. The van der Waals surface area contributed by atoms with Gasteiger partial charge in [-0.2, -0.15) is 5.26 Å². The molecule has 35 heavy (non-hydrogen) atoms. The van der Waals surface area contributed by atoms with E-state index in [4.69, 9.17) is 5.73 Å². The van der Waals surface area contributed by atoms with Crippen LogP contribution in [-0.2, 0) is 9.59 Å². The number of nitriles is 1. The molecule has 0 aromatic rings. The SMILES string of the molecule is C[C@@H]1[C@H]2[C@H]3C(=O)C=C4[C@@]5(C)C=C(C#N)C(=O)C(C)(C)[C@@H]5CC[C@@]4(C)[C@]3(C)CC[C@@]2(CN)CC[C@H]1C. The summed E-state index contributed by atoms with van der Waals surface area (Å²) < 4.78 is 0. The zero-order chi connectivity index (χ0) is 25.8. The molecule has 4 heteroatoms. The Hall–Kier alpha value is -1.73. The van der Waals surface area contributed by atoms with Crippen LogP contribution in [0.4, 0.5) is 0 Å². The summed E-state index contributed by atoms with van der Waals surface area (Å²) in [7, 11) is 0. The predicted octanol–water partition coefficient (Wildman–Crippen LogP) is 6.02. The summed E-state index contributed by atoms with van der Waals surface area (Å²) in [5, 5.41) is 9.85. The maximum atomic E-state index is 14.3. The van der Waals surface area contributed by atoms with Crippen LogP contribution in [0.25, 0.3) is 0 Å². The van der Waals surface area contributed by atoms with Crippen LogP contribution >= 0.6 is 0 Å². The van der Waals surface area contributed by atoms with Crippen molar-refractivity contribution in [1.82, 2.24) is 0 Å². The molecule has 5 aliphatic carbocycles. The number of nitrogens with zero attached hydrogens (tertiary/aromatic N) is 1. The first-order valence-electron chi connectivity index (χ1n) is 13.9. The van der Waals surface area contributed by atoms with Crippen molar-refractivity contribution in [2.75, 3.05) is 6.54 Å². The molecule has 0 bridgehead atoms. The number of fused-ring (bicyclic) bond motifs is 7. The largest absolute Gasteiger partial charge is 0.330 e. The minimum absolute atomic E-state index is 0.0101. The lowest BCUT2D eigenvalue weighted by Crippen LogP contribution is -2.66. The number of rotatable bonds is 1. The van der Waals surface area contributed by atoms with Gasteiger partial charge in [0.05, 0.1) is 5.57 Å². The zero-order valence-electron chi connectivity index (χ0n) is 22.8. The zero-order valence-corrected chi connectivity index (χ0v) is 22.8. The number of hydrogen-bond acceptors (Lipinski definition) is 4. The van der Waals surface area contributed by atoms with E-state index in [2.05, 4.69) is 40.7 Å². The van der Waals surface area contributed by atoms with Crippen LogP contribution < -0.4 is 5.73 Å². The van der Waals surface area contributed by atoms with Crippen LogP contribution in [0.2, 0.25) is 0 Å². The molecule has 3 fully saturated rings. The normalized spacial score (nSPS) is 50.5. The van der Waals surface area contributed by atoms with E-state index in [0.717, 1.165) is 32.1 Å². The van der Waals surface area contributed by atoms with Gasteiger partial charge in [0.2, 0.25) is 0 Å². The first-order chi connectivity index (χ1) is 16.2. The molecule has 0 unspecified atom stereocenters. The smallest absolute Gasteiger partial charge is 0.178 e. The average Bonchev–Trinajstić information content (AvgIpc) is 2.81. The first kappa shape index (κ1) is 24.9. The Labute approximate surface area is 211 Å². The molecule has 9 atom stereocenters. The van der Waals surface area contributed by atoms with Crippen molar-refractivity contribution in [1.29, 1.82) is 5.26 Å². The lowest BCUT2D eigenvalue weighted by Gasteiger charge is -2.69. The van der Waals surface area contributed by atoms with Crippen molar-refractivity contribution in [2.45, 2.75) is 87.0 Å². The minimum atomic E-state index is -0.619. The number of hydrogen-bond donors (Lipinski definition) is 1. The molecule has 0 aromatic carbocycles. The van der Waals surface area contributed by atoms with E-state index in [1.807, 2.05) is 26.0 Å². The van der Waals surface area contributed by atoms with Gasteiger partial charge in [-0.3, -0.25) is 9.59 Å². The summed E-state index contributed by atoms with van der Waals surface area (Å²) in [6, 6.07) is 2.20. The summed E-state index contributed by atoms with van der Waals surface area (Å²) in [5.74, 6) is 1.70. The number of nitrogens with two attached hydrogens (primary N) is 1. The quantitative estimate of drug-likeness (QED) is 0.501. The molecule has 2 N–H and O–H groups in total. The molecule has 4 nitrogen and oxygen atoms in total. The Balaban J connectivity index is 1.71. The van der Waals surface area contributed by atoms with E-state index in [1.165, 1.54) is 12.0 Å². The second-order valence-electron chi connectivity index (χ2n) is 14.2. The fourth-order valence-corrected chi connectivity index (χ4v) is 10.3. The molecule has 5 aliphatic rings. The van der Waals surface area contributed by atoms with Gasteiger partial charge in [-0.1, -0.05) is 60.1 Å². The number of Topliss-reactive ketones (excluding diaryl/α,β-unsaturated/α-hetero) is 1. The van der Waals surface area contributed by atoms with E-state index >= 15 is 0 Å². The molecule has 0 aromatic heterocycles. The molecule has 190 valence electrons. The van der Waals surface area contributed by atoms with Gasteiger partial charge in [-0.15, -0.1) is 0 Å². The van der Waals surface area contributed by atoms with Gasteiger partial charge in [-0.05, 0) is 91.1 Å².